The molecule has 5 heteroatoms. The summed E-state index contributed by atoms with van der Waals surface area (Å²) in [4.78, 5) is 2.39. The summed E-state index contributed by atoms with van der Waals surface area (Å²) in [6, 6.07) is 3.93. The summed E-state index contributed by atoms with van der Waals surface area (Å²) in [7, 11) is 0. The number of aromatic amines is 1. The molecule has 3 rings (SSSR count). The van der Waals surface area contributed by atoms with Gasteiger partial charge in [0.2, 0.25) is 0 Å². The van der Waals surface area contributed by atoms with Gasteiger partial charge in [-0.05, 0) is 38.4 Å². The molecule has 1 aliphatic rings. The third-order valence-corrected chi connectivity index (χ3v) is 4.34. The first kappa shape index (κ1) is 14.4. The molecule has 2 aromatic rings. The Bertz CT molecular complexity index is 604. The molecule has 0 radical (unpaired) electrons. The number of nitrogens with zero attached hydrogens (tertiary/aromatic N) is 2. The van der Waals surface area contributed by atoms with Crippen molar-refractivity contribution in [2.75, 3.05) is 19.7 Å². The van der Waals surface area contributed by atoms with Gasteiger partial charge >= 0.3 is 0 Å². The van der Waals surface area contributed by atoms with Crippen LogP contribution in [-0.4, -0.2) is 39.9 Å². The van der Waals surface area contributed by atoms with Gasteiger partial charge in [-0.15, -0.1) is 0 Å². The number of nitrogens with one attached hydrogen (secondary N) is 1. The van der Waals surface area contributed by atoms with Gasteiger partial charge in [0, 0.05) is 30.7 Å². The minimum atomic E-state index is 0.0173. The van der Waals surface area contributed by atoms with Crippen molar-refractivity contribution in [3.63, 3.8) is 0 Å². The molecule has 1 atom stereocenters. The number of likely N-dealkylation sites (tertiary alicyclic amines) is 1. The molecule has 0 aliphatic carbocycles. The van der Waals surface area contributed by atoms with Gasteiger partial charge in [-0.25, -0.2) is 0 Å². The van der Waals surface area contributed by atoms with Crippen LogP contribution in [0.1, 0.15) is 31.1 Å². The van der Waals surface area contributed by atoms with Crippen molar-refractivity contribution in [1.82, 2.24) is 15.1 Å². The second kappa shape index (κ2) is 5.66. The molecule has 0 spiro atoms. The van der Waals surface area contributed by atoms with Gasteiger partial charge in [0.15, 0.2) is 5.76 Å². The lowest BCUT2D eigenvalue weighted by atomic mass is 9.82. The van der Waals surface area contributed by atoms with E-state index in [1.54, 1.807) is 0 Å². The van der Waals surface area contributed by atoms with E-state index in [4.69, 9.17) is 4.42 Å². The van der Waals surface area contributed by atoms with E-state index in [2.05, 4.69) is 22.0 Å². The maximum absolute atomic E-state index is 9.57. The average Bonchev–Trinajstić information content (AvgIpc) is 3.08. The number of aliphatic hydroxyl groups is 1. The fraction of sp³-hybridized carbons (Fsp3) is 0.562. The lowest BCUT2D eigenvalue weighted by Gasteiger charge is -2.39. The predicted molar refractivity (Wildman–Crippen MR) is 80.7 cm³/mol. The Balaban J connectivity index is 1.75. The number of rotatable bonds is 4. The maximum Gasteiger partial charge on any atom is 0.152 e. The van der Waals surface area contributed by atoms with Gasteiger partial charge in [-0.1, -0.05) is 6.92 Å². The summed E-state index contributed by atoms with van der Waals surface area (Å²) in [5.74, 6) is 1.73. The number of furan rings is 1. The fourth-order valence-corrected chi connectivity index (χ4v) is 3.15. The van der Waals surface area contributed by atoms with E-state index in [0.29, 0.717) is 0 Å². The van der Waals surface area contributed by atoms with Crippen LogP contribution in [0, 0.1) is 12.3 Å². The number of H-pyrrole nitrogens is 1. The lowest BCUT2D eigenvalue weighted by Crippen LogP contribution is -2.43. The molecule has 1 saturated heterocycles. The van der Waals surface area contributed by atoms with E-state index in [-0.39, 0.29) is 12.0 Å². The molecule has 3 heterocycles. The molecule has 2 aromatic heterocycles. The van der Waals surface area contributed by atoms with Gasteiger partial charge in [0.1, 0.15) is 11.5 Å². The second-order valence-corrected chi connectivity index (χ2v) is 6.46. The Morgan fingerprint density at radius 2 is 2.33 bits per heavy atom. The first-order valence-corrected chi connectivity index (χ1v) is 7.52. The van der Waals surface area contributed by atoms with Gasteiger partial charge in [-0.3, -0.25) is 10.00 Å². The SMILES string of the molecule is Cc1ccc(-c2[nH]ncc2CN2CCCC(C)(CO)C2)o1. The van der Waals surface area contributed by atoms with Crippen LogP contribution in [0.25, 0.3) is 11.5 Å². The van der Waals surface area contributed by atoms with Crippen LogP contribution >= 0.6 is 0 Å². The molecule has 2 N–H and O–H groups in total. The summed E-state index contributed by atoms with van der Waals surface area (Å²) in [5.41, 5.74) is 2.12. The molecular weight excluding hydrogens is 266 g/mol. The van der Waals surface area contributed by atoms with Crippen molar-refractivity contribution in [3.05, 3.63) is 29.7 Å². The Morgan fingerprint density at radius 1 is 1.48 bits per heavy atom. The first-order chi connectivity index (χ1) is 10.1. The van der Waals surface area contributed by atoms with Crippen molar-refractivity contribution in [2.45, 2.75) is 33.2 Å². The van der Waals surface area contributed by atoms with Crippen LogP contribution in [0.5, 0.6) is 0 Å². The van der Waals surface area contributed by atoms with Crippen molar-refractivity contribution >= 4 is 0 Å². The minimum absolute atomic E-state index is 0.0173. The van der Waals surface area contributed by atoms with Crippen LogP contribution in [-0.2, 0) is 6.54 Å². The largest absolute Gasteiger partial charge is 0.460 e. The summed E-state index contributed by atoms with van der Waals surface area (Å²) in [5, 5.41) is 16.8. The number of piperidine rings is 1. The van der Waals surface area contributed by atoms with Crippen molar-refractivity contribution in [1.29, 1.82) is 0 Å². The van der Waals surface area contributed by atoms with Crippen molar-refractivity contribution < 1.29 is 9.52 Å². The average molecular weight is 289 g/mol. The normalized spacial score (nSPS) is 23.6. The minimum Gasteiger partial charge on any atom is -0.460 e. The van der Waals surface area contributed by atoms with E-state index in [1.807, 2.05) is 25.3 Å². The van der Waals surface area contributed by atoms with Gasteiger partial charge < -0.3 is 9.52 Å². The zero-order valence-electron chi connectivity index (χ0n) is 12.7. The summed E-state index contributed by atoms with van der Waals surface area (Å²) < 4.78 is 5.69. The van der Waals surface area contributed by atoms with E-state index in [9.17, 15) is 5.11 Å². The van der Waals surface area contributed by atoms with Crippen LogP contribution in [0.4, 0.5) is 0 Å². The Morgan fingerprint density at radius 3 is 3.05 bits per heavy atom. The standard InChI is InChI=1S/C16H23N3O2/c1-12-4-5-14(21-12)15-13(8-17-18-15)9-19-7-3-6-16(2,10-19)11-20/h4-5,8,20H,3,6-7,9-11H2,1-2H3,(H,17,18). The third kappa shape index (κ3) is 3.04. The second-order valence-electron chi connectivity index (χ2n) is 6.46. The Hall–Kier alpha value is -1.59. The lowest BCUT2D eigenvalue weighted by molar-refractivity contribution is 0.0430. The van der Waals surface area contributed by atoms with E-state index in [1.165, 1.54) is 0 Å². The van der Waals surface area contributed by atoms with Crippen LogP contribution < -0.4 is 0 Å². The van der Waals surface area contributed by atoms with Crippen molar-refractivity contribution in [3.8, 4) is 11.5 Å². The first-order valence-electron chi connectivity index (χ1n) is 7.52. The van der Waals surface area contributed by atoms with Gasteiger partial charge in [0.25, 0.3) is 0 Å². The zero-order valence-corrected chi connectivity index (χ0v) is 12.7. The van der Waals surface area contributed by atoms with Gasteiger partial charge in [-0.2, -0.15) is 5.10 Å². The molecule has 5 nitrogen and oxygen atoms in total. The zero-order chi connectivity index (χ0) is 14.9. The highest BCUT2D eigenvalue weighted by Crippen LogP contribution is 2.31. The summed E-state index contributed by atoms with van der Waals surface area (Å²) in [6.07, 6.45) is 4.10. The molecule has 0 aromatic carbocycles. The smallest absolute Gasteiger partial charge is 0.152 e. The molecule has 1 unspecified atom stereocenters. The molecule has 0 saturated carbocycles. The van der Waals surface area contributed by atoms with E-state index >= 15 is 0 Å². The molecule has 0 bridgehead atoms. The summed E-state index contributed by atoms with van der Waals surface area (Å²) in [6.45, 7) is 7.17. The maximum atomic E-state index is 9.57. The van der Waals surface area contributed by atoms with E-state index < -0.39 is 0 Å². The summed E-state index contributed by atoms with van der Waals surface area (Å²) >= 11 is 0. The van der Waals surface area contributed by atoms with Crippen LogP contribution in [0.15, 0.2) is 22.7 Å². The van der Waals surface area contributed by atoms with Crippen LogP contribution in [0.3, 0.4) is 0 Å². The highest BCUT2D eigenvalue weighted by Gasteiger charge is 2.30. The third-order valence-electron chi connectivity index (χ3n) is 4.34. The number of aliphatic hydroxyl groups excluding tert-OH is 1. The quantitative estimate of drug-likeness (QED) is 0.908. The highest BCUT2D eigenvalue weighted by molar-refractivity contribution is 5.56. The number of aryl methyl sites for hydroxylation is 1. The number of hydrogen-bond acceptors (Lipinski definition) is 4. The Labute approximate surface area is 125 Å². The Kier molecular flexibility index (Phi) is 3.87. The topological polar surface area (TPSA) is 65.3 Å². The highest BCUT2D eigenvalue weighted by atomic mass is 16.3. The van der Waals surface area contributed by atoms with Gasteiger partial charge in [0.05, 0.1) is 6.20 Å². The fourth-order valence-electron chi connectivity index (χ4n) is 3.15. The number of aromatic nitrogens is 2. The number of hydrogen-bond donors (Lipinski definition) is 2. The molecule has 21 heavy (non-hydrogen) atoms. The van der Waals surface area contributed by atoms with Crippen molar-refractivity contribution in [2.24, 2.45) is 5.41 Å². The molecule has 1 aliphatic heterocycles. The molecular formula is C16H23N3O2. The molecule has 114 valence electrons. The van der Waals surface area contributed by atoms with E-state index in [0.717, 1.165) is 55.3 Å². The monoisotopic (exact) mass is 289 g/mol. The van der Waals surface area contributed by atoms with Crippen LogP contribution in [0.2, 0.25) is 0 Å². The molecule has 1 fully saturated rings. The predicted octanol–water partition coefficient (Wildman–Crippen LogP) is 2.57. The molecule has 0 amide bonds.